The normalized spacial score (nSPS) is 14.2. The molecular formula is C28H31ClN6OS. The van der Waals surface area contributed by atoms with Gasteiger partial charge >= 0.3 is 0 Å². The second-order valence-electron chi connectivity index (χ2n) is 9.03. The average Bonchev–Trinajstić information content (AvgIpc) is 3.35. The van der Waals surface area contributed by atoms with E-state index in [0.717, 1.165) is 63.5 Å². The molecule has 0 atom stereocenters. The standard InChI is InChI=1S/C28H30N6OS.ClH/c29-27(35)22-12-14-23(15-13-22)30-31-25-10-3-1-7-21(25)8-5-6-16-33-17-19-34(20-18-33)28-24-9-2-4-11-26(24)36-32-28;/h1-4,7,9-15H,5-6,8,16-20H2,(H2,29,35);1H. The molecule has 0 bridgehead atoms. The number of hydrogen-bond acceptors (Lipinski definition) is 7. The maximum Gasteiger partial charge on any atom is 0.248 e. The van der Waals surface area contributed by atoms with Crippen molar-refractivity contribution in [3.8, 4) is 0 Å². The van der Waals surface area contributed by atoms with Gasteiger partial charge < -0.3 is 10.6 Å². The number of hydrogen-bond donors (Lipinski definition) is 1. The van der Waals surface area contributed by atoms with Gasteiger partial charge in [-0.05, 0) is 85.4 Å². The summed E-state index contributed by atoms with van der Waals surface area (Å²) < 4.78 is 5.98. The number of halogens is 1. The largest absolute Gasteiger partial charge is 0.366 e. The molecule has 0 saturated carbocycles. The van der Waals surface area contributed by atoms with Crippen LogP contribution in [0.15, 0.2) is 83.0 Å². The van der Waals surface area contributed by atoms with Gasteiger partial charge in [0.15, 0.2) is 0 Å². The molecule has 1 aliphatic rings. The Labute approximate surface area is 227 Å². The smallest absolute Gasteiger partial charge is 0.248 e. The fourth-order valence-electron chi connectivity index (χ4n) is 4.56. The SMILES string of the molecule is Cl.NC(=O)c1ccc(N=Nc2ccccc2CCCCN2CCN(c3nsc4ccccc34)CC2)cc1. The van der Waals surface area contributed by atoms with Gasteiger partial charge in [0.2, 0.25) is 5.91 Å². The molecule has 1 amide bonds. The molecule has 0 unspecified atom stereocenters. The zero-order valence-corrected chi connectivity index (χ0v) is 22.3. The lowest BCUT2D eigenvalue weighted by molar-refractivity contribution is 0.100. The molecule has 0 radical (unpaired) electrons. The molecule has 2 heterocycles. The van der Waals surface area contributed by atoms with Crippen molar-refractivity contribution in [2.45, 2.75) is 19.3 Å². The van der Waals surface area contributed by atoms with Crippen LogP contribution in [-0.4, -0.2) is 47.9 Å². The molecule has 37 heavy (non-hydrogen) atoms. The van der Waals surface area contributed by atoms with E-state index in [1.165, 1.54) is 15.6 Å². The molecule has 1 aliphatic heterocycles. The number of carbonyl (C=O) groups is 1. The Morgan fingerprint density at radius 3 is 2.41 bits per heavy atom. The number of nitrogens with two attached hydrogens (primary N) is 1. The molecule has 0 spiro atoms. The number of primary amides is 1. The van der Waals surface area contributed by atoms with E-state index in [0.29, 0.717) is 11.3 Å². The van der Waals surface area contributed by atoms with E-state index in [-0.39, 0.29) is 12.4 Å². The average molecular weight is 535 g/mol. The number of piperazine rings is 1. The van der Waals surface area contributed by atoms with Crippen LogP contribution in [0.1, 0.15) is 28.8 Å². The quantitative estimate of drug-likeness (QED) is 0.199. The van der Waals surface area contributed by atoms with Crippen molar-refractivity contribution >= 4 is 57.1 Å². The van der Waals surface area contributed by atoms with E-state index in [1.54, 1.807) is 35.8 Å². The summed E-state index contributed by atoms with van der Waals surface area (Å²) in [6.45, 7) is 5.31. The molecule has 5 rings (SSSR count). The van der Waals surface area contributed by atoms with Crippen LogP contribution in [0.2, 0.25) is 0 Å². The summed E-state index contributed by atoms with van der Waals surface area (Å²) in [6.07, 6.45) is 3.23. The second-order valence-corrected chi connectivity index (χ2v) is 9.83. The van der Waals surface area contributed by atoms with Gasteiger partial charge in [-0.1, -0.05) is 30.3 Å². The number of carbonyl (C=O) groups excluding carboxylic acids is 1. The molecule has 1 saturated heterocycles. The van der Waals surface area contributed by atoms with Crippen molar-refractivity contribution in [3.05, 3.63) is 83.9 Å². The number of anilines is 1. The number of benzene rings is 3. The van der Waals surface area contributed by atoms with Crippen LogP contribution in [0.5, 0.6) is 0 Å². The predicted octanol–water partition coefficient (Wildman–Crippen LogP) is 6.38. The molecule has 9 heteroatoms. The first-order chi connectivity index (χ1) is 17.7. The van der Waals surface area contributed by atoms with Crippen molar-refractivity contribution in [1.29, 1.82) is 0 Å². The highest BCUT2D eigenvalue weighted by Crippen LogP contribution is 2.30. The maximum atomic E-state index is 11.2. The Bertz CT molecular complexity index is 1350. The Kier molecular flexibility index (Phi) is 9.22. The number of unbranched alkanes of at least 4 members (excludes halogenated alkanes) is 1. The minimum atomic E-state index is -0.446. The van der Waals surface area contributed by atoms with E-state index >= 15 is 0 Å². The third-order valence-electron chi connectivity index (χ3n) is 6.62. The molecule has 2 N–H and O–H groups in total. The summed E-state index contributed by atoms with van der Waals surface area (Å²) in [4.78, 5) is 16.2. The third-order valence-corrected chi connectivity index (χ3v) is 7.43. The summed E-state index contributed by atoms with van der Waals surface area (Å²) in [5, 5.41) is 10.1. The lowest BCUT2D eigenvalue weighted by Gasteiger charge is -2.35. The zero-order chi connectivity index (χ0) is 24.7. The number of fused-ring (bicyclic) bond motifs is 1. The molecule has 4 aromatic rings. The number of nitrogens with zero attached hydrogens (tertiary/aromatic N) is 5. The van der Waals surface area contributed by atoms with E-state index < -0.39 is 5.91 Å². The molecule has 1 fully saturated rings. The van der Waals surface area contributed by atoms with Gasteiger partial charge in [0.25, 0.3) is 0 Å². The third kappa shape index (κ3) is 6.71. The molecule has 1 aromatic heterocycles. The Balaban J connectivity index is 0.00000320. The van der Waals surface area contributed by atoms with Crippen LogP contribution in [0.3, 0.4) is 0 Å². The summed E-state index contributed by atoms with van der Waals surface area (Å²) >= 11 is 1.59. The van der Waals surface area contributed by atoms with Crippen LogP contribution in [0.25, 0.3) is 10.1 Å². The number of rotatable bonds is 9. The maximum absolute atomic E-state index is 11.2. The lowest BCUT2D eigenvalue weighted by atomic mass is 10.1. The van der Waals surface area contributed by atoms with Gasteiger partial charge in [0, 0.05) is 37.1 Å². The highest BCUT2D eigenvalue weighted by molar-refractivity contribution is 7.13. The fraction of sp³-hybridized carbons (Fsp3) is 0.286. The van der Waals surface area contributed by atoms with Crippen molar-refractivity contribution in [3.63, 3.8) is 0 Å². The molecule has 3 aromatic carbocycles. The van der Waals surface area contributed by atoms with Crippen LogP contribution < -0.4 is 10.6 Å². The van der Waals surface area contributed by atoms with E-state index in [9.17, 15) is 4.79 Å². The summed E-state index contributed by atoms with van der Waals surface area (Å²) in [5.74, 6) is 0.698. The topological polar surface area (TPSA) is 87.2 Å². The highest BCUT2D eigenvalue weighted by Gasteiger charge is 2.20. The van der Waals surface area contributed by atoms with Crippen LogP contribution in [-0.2, 0) is 6.42 Å². The first-order valence-electron chi connectivity index (χ1n) is 12.4. The van der Waals surface area contributed by atoms with Crippen LogP contribution >= 0.6 is 23.9 Å². The lowest BCUT2D eigenvalue weighted by Crippen LogP contribution is -2.46. The van der Waals surface area contributed by atoms with Gasteiger partial charge in [-0.2, -0.15) is 14.6 Å². The van der Waals surface area contributed by atoms with Gasteiger partial charge in [-0.15, -0.1) is 12.4 Å². The first kappa shape index (κ1) is 26.7. The van der Waals surface area contributed by atoms with Gasteiger partial charge in [-0.3, -0.25) is 9.69 Å². The number of aromatic nitrogens is 1. The number of azo groups is 1. The zero-order valence-electron chi connectivity index (χ0n) is 20.6. The van der Waals surface area contributed by atoms with Crippen molar-refractivity contribution < 1.29 is 4.79 Å². The number of aryl methyl sites for hydroxylation is 1. The summed E-state index contributed by atoms with van der Waals surface area (Å²) in [5.41, 5.74) is 8.55. The van der Waals surface area contributed by atoms with Gasteiger partial charge in [0.05, 0.1) is 16.1 Å². The minimum absolute atomic E-state index is 0. The minimum Gasteiger partial charge on any atom is -0.366 e. The Morgan fingerprint density at radius 2 is 1.62 bits per heavy atom. The van der Waals surface area contributed by atoms with E-state index in [2.05, 4.69) is 56.4 Å². The van der Waals surface area contributed by atoms with Gasteiger partial charge in [0.1, 0.15) is 5.82 Å². The van der Waals surface area contributed by atoms with E-state index in [1.807, 2.05) is 12.1 Å². The monoisotopic (exact) mass is 534 g/mol. The molecule has 0 aliphatic carbocycles. The fourth-order valence-corrected chi connectivity index (χ4v) is 5.35. The van der Waals surface area contributed by atoms with Crippen molar-refractivity contribution in [1.82, 2.24) is 9.27 Å². The Morgan fingerprint density at radius 1 is 0.892 bits per heavy atom. The first-order valence-corrected chi connectivity index (χ1v) is 13.2. The number of amides is 1. The highest BCUT2D eigenvalue weighted by atomic mass is 35.5. The van der Waals surface area contributed by atoms with Crippen LogP contribution in [0.4, 0.5) is 17.2 Å². The van der Waals surface area contributed by atoms with Gasteiger partial charge in [-0.25, -0.2) is 0 Å². The molecular weight excluding hydrogens is 504 g/mol. The van der Waals surface area contributed by atoms with Crippen molar-refractivity contribution in [2.24, 2.45) is 16.0 Å². The summed E-state index contributed by atoms with van der Waals surface area (Å²) in [7, 11) is 0. The Hall–Kier alpha value is -3.33. The molecule has 192 valence electrons. The molecule has 7 nitrogen and oxygen atoms in total. The predicted molar refractivity (Wildman–Crippen MR) is 154 cm³/mol. The summed E-state index contributed by atoms with van der Waals surface area (Å²) in [6, 6.07) is 23.5. The van der Waals surface area contributed by atoms with Crippen molar-refractivity contribution in [2.75, 3.05) is 37.6 Å². The van der Waals surface area contributed by atoms with Crippen LogP contribution in [0, 0.1) is 0 Å². The van der Waals surface area contributed by atoms with E-state index in [4.69, 9.17) is 10.1 Å². The second kappa shape index (κ2) is 12.8.